The van der Waals surface area contributed by atoms with Crippen molar-refractivity contribution < 1.29 is 18.4 Å². The number of rotatable bonds is 2. The van der Waals surface area contributed by atoms with E-state index in [0.29, 0.717) is 16.9 Å². The number of hydrogen-bond donors (Lipinski definition) is 1. The van der Waals surface area contributed by atoms with Crippen LogP contribution in [0.4, 0.5) is 13.6 Å². The van der Waals surface area contributed by atoms with Crippen LogP contribution in [0, 0.1) is 11.6 Å². The molecule has 1 fully saturated rings. The molecule has 0 radical (unpaired) electrons. The zero-order valence-electron chi connectivity index (χ0n) is 13.3. The van der Waals surface area contributed by atoms with Crippen molar-refractivity contribution in [2.75, 3.05) is 0 Å². The van der Waals surface area contributed by atoms with Crippen molar-refractivity contribution in [2.45, 2.75) is 6.42 Å². The van der Waals surface area contributed by atoms with E-state index in [2.05, 4.69) is 17.5 Å². The first-order valence-electron chi connectivity index (χ1n) is 8.08. The molecular weight excluding hydrogens is 459 g/mol. The number of imide groups is 1. The van der Waals surface area contributed by atoms with Gasteiger partial charge in [0.15, 0.2) is 0 Å². The molecular formula is C19H10F2InNO2S. The number of amides is 2. The zero-order chi connectivity index (χ0) is 18.0. The van der Waals surface area contributed by atoms with Crippen molar-refractivity contribution >= 4 is 57.1 Å². The van der Waals surface area contributed by atoms with Gasteiger partial charge in [-0.05, 0) is 0 Å². The monoisotopic (exact) mass is 469 g/mol. The van der Waals surface area contributed by atoms with E-state index in [9.17, 15) is 18.4 Å². The predicted molar refractivity (Wildman–Crippen MR) is 97.9 cm³/mol. The molecule has 7 heteroatoms. The molecule has 0 spiro atoms. The van der Waals surface area contributed by atoms with Crippen LogP contribution in [0.2, 0.25) is 0 Å². The second-order valence-corrected chi connectivity index (χ2v) is 15.4. The Labute approximate surface area is 159 Å². The van der Waals surface area contributed by atoms with Gasteiger partial charge >= 0.3 is 160 Å². The number of benzene rings is 2. The Balaban J connectivity index is 1.62. The van der Waals surface area contributed by atoms with Crippen LogP contribution in [-0.2, 0) is 11.2 Å². The molecule has 0 unspecified atom stereocenters. The topological polar surface area (TPSA) is 46.2 Å². The third-order valence-electron chi connectivity index (χ3n) is 5.02. The first kappa shape index (κ1) is 16.3. The molecule has 1 saturated heterocycles. The number of nitrogens with one attached hydrogen (secondary N) is 1. The molecule has 1 N–H and O–H groups in total. The van der Waals surface area contributed by atoms with Crippen LogP contribution in [-0.4, -0.2) is 32.6 Å². The average Bonchev–Trinajstić information content (AvgIpc) is 3.18. The van der Waals surface area contributed by atoms with Gasteiger partial charge in [0, 0.05) is 0 Å². The summed E-state index contributed by atoms with van der Waals surface area (Å²) < 4.78 is 31.1. The van der Waals surface area contributed by atoms with Crippen LogP contribution >= 0.6 is 11.8 Å². The molecule has 5 rings (SSSR count). The fourth-order valence-corrected chi connectivity index (χ4v) is 16.4. The van der Waals surface area contributed by atoms with Gasteiger partial charge in [0.25, 0.3) is 0 Å². The van der Waals surface area contributed by atoms with Crippen LogP contribution in [0.3, 0.4) is 0 Å². The van der Waals surface area contributed by atoms with Gasteiger partial charge in [-0.15, -0.1) is 0 Å². The Morgan fingerprint density at radius 3 is 2.62 bits per heavy atom. The van der Waals surface area contributed by atoms with E-state index < -0.39 is 33.1 Å². The minimum absolute atomic E-state index is 0.332. The summed E-state index contributed by atoms with van der Waals surface area (Å²) in [5, 5.41) is 1.97. The number of carbonyl (C=O) groups is 2. The molecule has 2 aromatic carbocycles. The van der Waals surface area contributed by atoms with E-state index >= 15 is 0 Å². The van der Waals surface area contributed by atoms with Crippen LogP contribution < -0.4 is 8.64 Å². The fourth-order valence-electron chi connectivity index (χ4n) is 4.00. The summed E-state index contributed by atoms with van der Waals surface area (Å²) in [6.07, 6.45) is 2.43. The van der Waals surface area contributed by atoms with Gasteiger partial charge in [0.1, 0.15) is 0 Å². The van der Waals surface area contributed by atoms with Crippen molar-refractivity contribution in [1.29, 1.82) is 0 Å². The number of allylic oxidation sites excluding steroid dienone is 1. The van der Waals surface area contributed by atoms with E-state index in [1.165, 1.54) is 9.39 Å². The second kappa shape index (κ2) is 5.82. The molecule has 126 valence electrons. The van der Waals surface area contributed by atoms with E-state index in [0.717, 1.165) is 35.6 Å². The molecule has 0 aliphatic carbocycles. The zero-order valence-corrected chi connectivity index (χ0v) is 17.4. The quantitative estimate of drug-likeness (QED) is 0.689. The van der Waals surface area contributed by atoms with E-state index in [-0.39, 0.29) is 11.1 Å². The maximum absolute atomic E-state index is 14.1. The number of halogens is 2. The summed E-state index contributed by atoms with van der Waals surface area (Å²) in [5.41, 5.74) is 2.45. The number of hydrogen-bond acceptors (Lipinski definition) is 3. The Kier molecular flexibility index (Phi) is 3.66. The molecule has 2 aromatic rings. The Morgan fingerprint density at radius 2 is 1.88 bits per heavy atom. The summed E-state index contributed by atoms with van der Waals surface area (Å²) in [5.74, 6) is -2.01. The second-order valence-electron chi connectivity index (χ2n) is 6.44. The van der Waals surface area contributed by atoms with E-state index in [4.69, 9.17) is 0 Å². The molecule has 26 heavy (non-hydrogen) atoms. The summed E-state index contributed by atoms with van der Waals surface area (Å²) in [6.45, 7) is 0. The average molecular weight is 469 g/mol. The number of carbonyl (C=O) groups excluding carboxylic acids is 2. The molecule has 0 saturated carbocycles. The van der Waals surface area contributed by atoms with Gasteiger partial charge in [0.05, 0.1) is 0 Å². The maximum atomic E-state index is 14.1. The summed E-state index contributed by atoms with van der Waals surface area (Å²) in [7, 11) is 0. The van der Waals surface area contributed by atoms with Crippen LogP contribution in [0.25, 0.3) is 9.41 Å². The van der Waals surface area contributed by atoms with Crippen molar-refractivity contribution in [1.82, 2.24) is 5.32 Å². The standard InChI is InChI=1S/C19H10F2NO2S.In/c20-15-10-4-9-13(17(15)21)8-3-7-12-5-1-2-6-14(12)11-16-18(23)22-19(24)25-16;/h1-2,4,6-7,9-10H,8H2,(H,22,23,24);. The van der Waals surface area contributed by atoms with Crippen molar-refractivity contribution in [3.63, 3.8) is 0 Å². The summed E-state index contributed by atoms with van der Waals surface area (Å²) in [6, 6.07) is 10.2. The SMILES string of the molecule is O=C1NC(=O)/C(=[C]2\c3ccc[c]4c3C=[C](Cc3cccc(F)c3F)[In]24)S1. The molecule has 0 atom stereocenters. The molecule has 4 bridgehead atoms. The molecule has 2 amide bonds. The van der Waals surface area contributed by atoms with Crippen LogP contribution in [0.15, 0.2) is 44.6 Å². The van der Waals surface area contributed by atoms with Crippen molar-refractivity contribution in [3.05, 3.63) is 73.0 Å². The Bertz CT molecular complexity index is 1090. The van der Waals surface area contributed by atoms with Gasteiger partial charge in [-0.25, -0.2) is 0 Å². The third-order valence-corrected chi connectivity index (χ3v) is 16.3. The molecule has 3 aliphatic heterocycles. The molecule has 3 heterocycles. The molecule has 0 aromatic heterocycles. The van der Waals surface area contributed by atoms with Crippen LogP contribution in [0.5, 0.6) is 0 Å². The minimum atomic E-state index is -2.79. The summed E-state index contributed by atoms with van der Waals surface area (Å²) in [4.78, 5) is 24.4. The first-order valence-corrected chi connectivity index (χ1v) is 13.8. The van der Waals surface area contributed by atoms with Crippen LogP contribution in [0.1, 0.15) is 16.7 Å². The Hall–Kier alpha value is -1.86. The number of thioether (sulfide) groups is 1. The van der Waals surface area contributed by atoms with Gasteiger partial charge < -0.3 is 0 Å². The third kappa shape index (κ3) is 2.26. The van der Waals surface area contributed by atoms with Gasteiger partial charge in [-0.3, -0.25) is 0 Å². The normalized spacial score (nSPS) is 20.1. The van der Waals surface area contributed by atoms with Crippen molar-refractivity contribution in [2.24, 2.45) is 0 Å². The predicted octanol–water partition coefficient (Wildman–Crippen LogP) is 3.09. The van der Waals surface area contributed by atoms with E-state index in [1.807, 2.05) is 12.1 Å². The fraction of sp³-hybridized carbons (Fsp3) is 0.0526. The first-order chi connectivity index (χ1) is 12.5. The molecule has 3 aliphatic rings. The van der Waals surface area contributed by atoms with Gasteiger partial charge in [-0.1, -0.05) is 0 Å². The Morgan fingerprint density at radius 1 is 1.08 bits per heavy atom. The summed E-state index contributed by atoms with van der Waals surface area (Å²) >= 11 is -1.84. The van der Waals surface area contributed by atoms with Gasteiger partial charge in [-0.2, -0.15) is 0 Å². The van der Waals surface area contributed by atoms with Crippen molar-refractivity contribution in [3.8, 4) is 0 Å². The molecule has 3 nitrogen and oxygen atoms in total. The van der Waals surface area contributed by atoms with Gasteiger partial charge in [0.2, 0.25) is 0 Å². The van der Waals surface area contributed by atoms with E-state index in [1.54, 1.807) is 6.07 Å².